The van der Waals surface area contributed by atoms with Gasteiger partial charge in [-0.2, -0.15) is 0 Å². The second-order valence-corrected chi connectivity index (χ2v) is 12.9. The first-order valence-corrected chi connectivity index (χ1v) is 15.7. The Morgan fingerprint density at radius 3 is 2.33 bits per heavy atom. The lowest BCUT2D eigenvalue weighted by atomic mass is 9.90. The van der Waals surface area contributed by atoms with E-state index in [2.05, 4.69) is 58.7 Å². The summed E-state index contributed by atoms with van der Waals surface area (Å²) in [5.74, 6) is 0.493. The number of urea groups is 1. The smallest absolute Gasteiger partial charge is 0.318 e. The summed E-state index contributed by atoms with van der Waals surface area (Å²) in [5.41, 5.74) is 4.14. The summed E-state index contributed by atoms with van der Waals surface area (Å²) in [5, 5.41) is 12.8. The van der Waals surface area contributed by atoms with Crippen molar-refractivity contribution in [2.45, 2.75) is 63.2 Å². The molecular formula is C35H45N7O3. The van der Waals surface area contributed by atoms with Crippen molar-refractivity contribution in [2.75, 3.05) is 39.0 Å². The van der Waals surface area contributed by atoms with Crippen molar-refractivity contribution >= 4 is 29.4 Å². The number of hydrogen-bond acceptors (Lipinski definition) is 6. The van der Waals surface area contributed by atoms with Crippen LogP contribution in [0.5, 0.6) is 0 Å². The van der Waals surface area contributed by atoms with E-state index in [1.165, 1.54) is 11.6 Å². The molecule has 0 radical (unpaired) electrons. The van der Waals surface area contributed by atoms with E-state index in [4.69, 9.17) is 4.99 Å². The van der Waals surface area contributed by atoms with E-state index in [9.17, 15) is 14.4 Å². The highest BCUT2D eigenvalue weighted by Crippen LogP contribution is 2.38. The molecule has 2 heterocycles. The Morgan fingerprint density at radius 2 is 1.69 bits per heavy atom. The molecule has 10 nitrogen and oxygen atoms in total. The third-order valence-corrected chi connectivity index (χ3v) is 9.07. The topological polar surface area (TPSA) is 118 Å². The first-order valence-electron chi connectivity index (χ1n) is 15.7. The van der Waals surface area contributed by atoms with E-state index in [0.717, 1.165) is 42.7 Å². The van der Waals surface area contributed by atoms with Crippen LogP contribution in [0, 0.1) is 0 Å². The van der Waals surface area contributed by atoms with Gasteiger partial charge in [-0.3, -0.25) is 14.6 Å². The third kappa shape index (κ3) is 7.45. The summed E-state index contributed by atoms with van der Waals surface area (Å²) < 4.78 is 0. The molecule has 4 amide bonds. The molecule has 5 rings (SSSR count). The Labute approximate surface area is 266 Å². The monoisotopic (exact) mass is 611 g/mol. The van der Waals surface area contributed by atoms with Crippen LogP contribution in [-0.2, 0) is 4.79 Å². The number of carbonyl (C=O) groups excluding carboxylic acids is 3. The van der Waals surface area contributed by atoms with Crippen LogP contribution < -0.4 is 21.3 Å². The average Bonchev–Trinajstić information content (AvgIpc) is 3.55. The Bertz CT molecular complexity index is 1470. The zero-order chi connectivity index (χ0) is 32.1. The molecule has 45 heavy (non-hydrogen) atoms. The van der Waals surface area contributed by atoms with Crippen LogP contribution in [-0.4, -0.2) is 84.8 Å². The number of amides is 4. The highest BCUT2D eigenvalue weighted by Gasteiger charge is 2.46. The molecule has 2 aliphatic heterocycles. The molecular weight excluding hydrogens is 566 g/mol. The van der Waals surface area contributed by atoms with E-state index in [1.807, 2.05) is 37.2 Å². The second-order valence-electron chi connectivity index (χ2n) is 12.9. The van der Waals surface area contributed by atoms with Crippen molar-refractivity contribution in [2.24, 2.45) is 4.99 Å². The van der Waals surface area contributed by atoms with Crippen molar-refractivity contribution in [1.29, 1.82) is 0 Å². The molecule has 1 fully saturated rings. The Kier molecular flexibility index (Phi) is 9.72. The quantitative estimate of drug-likeness (QED) is 0.316. The predicted octanol–water partition coefficient (Wildman–Crippen LogP) is 4.26. The maximum atomic E-state index is 13.7. The maximum Gasteiger partial charge on any atom is 0.318 e. The van der Waals surface area contributed by atoms with Crippen LogP contribution >= 0.6 is 0 Å². The fourth-order valence-electron chi connectivity index (χ4n) is 6.46. The minimum atomic E-state index is -0.441. The number of anilines is 1. The van der Waals surface area contributed by atoms with Gasteiger partial charge in [-0.25, -0.2) is 4.79 Å². The van der Waals surface area contributed by atoms with Crippen LogP contribution in [0.2, 0.25) is 0 Å². The lowest BCUT2D eigenvalue weighted by molar-refractivity contribution is -0.111. The van der Waals surface area contributed by atoms with E-state index < -0.39 is 5.54 Å². The van der Waals surface area contributed by atoms with Crippen LogP contribution in [0.3, 0.4) is 0 Å². The van der Waals surface area contributed by atoms with Crippen molar-refractivity contribution in [3.05, 3.63) is 89.5 Å². The van der Waals surface area contributed by atoms with Crippen LogP contribution in [0.4, 0.5) is 10.5 Å². The van der Waals surface area contributed by atoms with Crippen molar-refractivity contribution in [3.8, 4) is 0 Å². The number of likely N-dealkylation sites (N-methyl/N-ethyl adjacent to an activating group) is 1. The Morgan fingerprint density at radius 1 is 1.02 bits per heavy atom. The van der Waals surface area contributed by atoms with Crippen LogP contribution in [0.15, 0.2) is 83.4 Å². The zero-order valence-electron chi connectivity index (χ0n) is 26.7. The fourth-order valence-corrected chi connectivity index (χ4v) is 6.46. The molecule has 0 spiro atoms. The van der Waals surface area contributed by atoms with Crippen LogP contribution in [0.1, 0.15) is 61.5 Å². The number of nitrogens with one attached hydrogen (secondary N) is 4. The molecule has 2 aromatic rings. The molecule has 1 aliphatic carbocycles. The second kappa shape index (κ2) is 13.7. The number of benzene rings is 2. The van der Waals surface area contributed by atoms with E-state index >= 15 is 0 Å². The molecule has 1 saturated carbocycles. The van der Waals surface area contributed by atoms with Crippen molar-refractivity contribution in [3.63, 3.8) is 0 Å². The summed E-state index contributed by atoms with van der Waals surface area (Å²) in [4.78, 5) is 46.9. The van der Waals surface area contributed by atoms with Gasteiger partial charge in [0, 0.05) is 35.5 Å². The summed E-state index contributed by atoms with van der Waals surface area (Å²) >= 11 is 0. The zero-order valence-corrected chi connectivity index (χ0v) is 26.7. The molecule has 3 aliphatic rings. The largest absolute Gasteiger partial charge is 0.367 e. The van der Waals surface area contributed by atoms with Gasteiger partial charge in [-0.15, -0.1) is 0 Å². The fraction of sp³-hybridized carbons (Fsp3) is 0.429. The molecule has 0 saturated heterocycles. The van der Waals surface area contributed by atoms with E-state index in [-0.39, 0.29) is 36.0 Å². The number of amidine groups is 1. The van der Waals surface area contributed by atoms with Crippen LogP contribution in [0.25, 0.3) is 0 Å². The third-order valence-electron chi connectivity index (χ3n) is 9.07. The molecule has 10 heteroatoms. The number of rotatable bonds is 9. The molecule has 1 atom stereocenters. The Hall–Kier alpha value is -4.44. The first kappa shape index (κ1) is 32.0. The molecule has 0 aromatic heterocycles. The lowest BCUT2D eigenvalue weighted by Gasteiger charge is -2.36. The summed E-state index contributed by atoms with van der Waals surface area (Å²) in [7, 11) is 4.03. The number of hydrogen-bond donors (Lipinski definition) is 4. The summed E-state index contributed by atoms with van der Waals surface area (Å²) in [6.45, 7) is 9.48. The van der Waals surface area contributed by atoms with Crippen molar-refractivity contribution < 1.29 is 14.4 Å². The van der Waals surface area contributed by atoms with Gasteiger partial charge in [0.1, 0.15) is 5.84 Å². The maximum absolute atomic E-state index is 13.7. The molecule has 0 unspecified atom stereocenters. The van der Waals surface area contributed by atoms with Gasteiger partial charge >= 0.3 is 6.03 Å². The Balaban J connectivity index is 1.13. The molecule has 4 N–H and O–H groups in total. The predicted molar refractivity (Wildman–Crippen MR) is 178 cm³/mol. The normalized spacial score (nSPS) is 21.1. The summed E-state index contributed by atoms with van der Waals surface area (Å²) in [6.07, 6.45) is 4.76. The number of aliphatic imine (C=N–C) groups is 1. The highest BCUT2D eigenvalue weighted by molar-refractivity contribution is 6.04. The minimum absolute atomic E-state index is 0.0724. The van der Waals surface area contributed by atoms with Gasteiger partial charge < -0.3 is 31.1 Å². The van der Waals surface area contributed by atoms with Gasteiger partial charge in [-0.05, 0) is 95.1 Å². The number of carbonyl (C=O) groups is 3. The van der Waals surface area contributed by atoms with Gasteiger partial charge in [0.05, 0.1) is 24.7 Å². The molecule has 2 aromatic carbocycles. The van der Waals surface area contributed by atoms with E-state index in [0.29, 0.717) is 30.9 Å². The van der Waals surface area contributed by atoms with E-state index in [1.54, 1.807) is 24.3 Å². The number of nitrogens with zero attached hydrogens (tertiary/aromatic N) is 3. The first-order chi connectivity index (χ1) is 21.5. The van der Waals surface area contributed by atoms with Gasteiger partial charge in [0.25, 0.3) is 5.91 Å². The lowest BCUT2D eigenvalue weighted by Crippen LogP contribution is -2.52. The SMILES string of the molecule is C=CC(=O)Nc1ccc(C(=O)NC2CCC(NC3=NCC4=C3CN(C(=O)N[C@H](CN(C)C)c3ccccc3)C4(C)C)CC2)cc1. The minimum Gasteiger partial charge on any atom is -0.367 e. The van der Waals surface area contributed by atoms with Gasteiger partial charge in [-0.1, -0.05) is 36.9 Å². The van der Waals surface area contributed by atoms with Gasteiger partial charge in [0.15, 0.2) is 0 Å². The van der Waals surface area contributed by atoms with Gasteiger partial charge in [0.2, 0.25) is 5.91 Å². The van der Waals surface area contributed by atoms with Crippen molar-refractivity contribution in [1.82, 2.24) is 25.8 Å². The summed E-state index contributed by atoms with van der Waals surface area (Å²) in [6, 6.07) is 17.1. The average molecular weight is 612 g/mol. The molecule has 238 valence electrons. The standard InChI is InChI=1S/C35H45N7O3/c1-6-31(43)37-25-14-12-24(13-15-25)33(44)39-27-18-16-26(17-19-27)38-32-28-21-42(35(2,3)29(28)20-36-32)34(45)40-30(22-41(4)5)23-10-8-7-9-11-23/h6-15,26-27,30H,1,16-22H2,2-5H3,(H,36,38)(H,37,43)(H,39,44)(H,40,45)/t26?,27?,30-/m1/s1. The highest BCUT2D eigenvalue weighted by atomic mass is 16.2. The molecule has 0 bridgehead atoms.